The van der Waals surface area contributed by atoms with E-state index in [9.17, 15) is 5.11 Å². The zero-order valence-electron chi connectivity index (χ0n) is 17.0. The van der Waals surface area contributed by atoms with E-state index in [0.29, 0.717) is 5.92 Å². The van der Waals surface area contributed by atoms with Gasteiger partial charge in [0.1, 0.15) is 5.75 Å². The maximum Gasteiger partial charge on any atom is 0.119 e. The summed E-state index contributed by atoms with van der Waals surface area (Å²) in [5.41, 5.74) is 11.8. The molecule has 2 aromatic carbocycles. The van der Waals surface area contributed by atoms with Crippen molar-refractivity contribution in [2.45, 2.75) is 62.8 Å². The first-order valence-corrected chi connectivity index (χ1v) is 10.7. The smallest absolute Gasteiger partial charge is 0.119 e. The Morgan fingerprint density at radius 2 is 2.04 bits per heavy atom. The van der Waals surface area contributed by atoms with Crippen LogP contribution in [0, 0.1) is 5.92 Å². The largest absolute Gasteiger partial charge is 0.497 e. The molecule has 4 rings (SSSR count). The molecular formula is C25H33NO2. The van der Waals surface area contributed by atoms with Gasteiger partial charge in [-0.3, -0.25) is 0 Å². The van der Waals surface area contributed by atoms with Crippen molar-refractivity contribution in [2.24, 2.45) is 11.7 Å². The molecule has 1 unspecified atom stereocenters. The lowest BCUT2D eigenvalue weighted by Crippen LogP contribution is -2.40. The van der Waals surface area contributed by atoms with Crippen LogP contribution >= 0.6 is 0 Å². The Hall–Kier alpha value is -1.84. The molecular weight excluding hydrogens is 346 g/mol. The number of rotatable bonds is 6. The second-order valence-electron chi connectivity index (χ2n) is 8.99. The lowest BCUT2D eigenvalue weighted by molar-refractivity contribution is 0.198. The lowest BCUT2D eigenvalue weighted by Gasteiger charge is -2.26. The number of methoxy groups -OCH3 is 1. The topological polar surface area (TPSA) is 55.5 Å². The van der Waals surface area contributed by atoms with E-state index in [2.05, 4.69) is 36.4 Å². The molecule has 2 aliphatic rings. The predicted octanol–water partition coefficient (Wildman–Crippen LogP) is 4.39. The number of fused-ring (bicyclic) bond motifs is 1. The van der Waals surface area contributed by atoms with E-state index in [1.807, 2.05) is 6.07 Å². The lowest BCUT2D eigenvalue weighted by atomic mass is 9.79. The Morgan fingerprint density at radius 1 is 1.14 bits per heavy atom. The molecule has 0 spiro atoms. The Bertz CT molecular complexity index is 818. The van der Waals surface area contributed by atoms with Gasteiger partial charge in [-0.15, -0.1) is 0 Å². The Morgan fingerprint density at radius 3 is 2.82 bits per heavy atom. The number of benzene rings is 2. The number of hydrogen-bond donors (Lipinski definition) is 2. The first kappa shape index (κ1) is 19.5. The highest BCUT2D eigenvalue weighted by Gasteiger charge is 2.36. The normalized spacial score (nSPS) is 26.8. The minimum Gasteiger partial charge on any atom is -0.497 e. The summed E-state index contributed by atoms with van der Waals surface area (Å²) in [4.78, 5) is 0. The summed E-state index contributed by atoms with van der Waals surface area (Å²) in [7, 11) is 1.73. The molecule has 2 aromatic rings. The third-order valence-corrected chi connectivity index (χ3v) is 6.97. The number of aliphatic hydroxyl groups excluding tert-OH is 1. The molecule has 1 fully saturated rings. The van der Waals surface area contributed by atoms with Gasteiger partial charge < -0.3 is 15.6 Å². The average Bonchev–Trinajstić information content (AvgIpc) is 3.14. The quantitative estimate of drug-likeness (QED) is 0.783. The molecule has 0 amide bonds. The molecule has 1 saturated carbocycles. The maximum atomic E-state index is 9.54. The minimum atomic E-state index is -0.369. The number of ether oxygens (including phenoxy) is 1. The highest BCUT2D eigenvalue weighted by molar-refractivity contribution is 5.37. The number of aryl methyl sites for hydroxylation is 2. The van der Waals surface area contributed by atoms with Gasteiger partial charge in [0.2, 0.25) is 0 Å². The summed E-state index contributed by atoms with van der Waals surface area (Å²) in [6, 6.07) is 15.6. The van der Waals surface area contributed by atoms with Gasteiger partial charge in [-0.05, 0) is 97.6 Å². The fourth-order valence-electron chi connectivity index (χ4n) is 5.13. The van der Waals surface area contributed by atoms with Crippen molar-refractivity contribution < 1.29 is 9.84 Å². The average molecular weight is 380 g/mol. The molecule has 0 aromatic heterocycles. The van der Waals surface area contributed by atoms with Crippen LogP contribution in [0.3, 0.4) is 0 Å². The van der Waals surface area contributed by atoms with E-state index >= 15 is 0 Å². The first-order valence-electron chi connectivity index (χ1n) is 10.7. The van der Waals surface area contributed by atoms with Crippen molar-refractivity contribution in [1.29, 1.82) is 0 Å². The van der Waals surface area contributed by atoms with Gasteiger partial charge in [0.05, 0.1) is 13.7 Å². The van der Waals surface area contributed by atoms with Crippen molar-refractivity contribution in [3.05, 3.63) is 64.7 Å². The summed E-state index contributed by atoms with van der Waals surface area (Å²) in [5, 5.41) is 9.54. The van der Waals surface area contributed by atoms with Crippen molar-refractivity contribution in [3.63, 3.8) is 0 Å². The zero-order chi connectivity index (χ0) is 19.6. The molecule has 150 valence electrons. The maximum absolute atomic E-state index is 9.54. The molecule has 3 nitrogen and oxygen atoms in total. The van der Waals surface area contributed by atoms with E-state index < -0.39 is 0 Å². The standard InChI is InChI=1S/C25H33NO2/c1-28-24-4-2-3-18(14-24)5-6-19-7-8-21-15-22(10-9-20(21)13-19)23-11-12-25(26,16-23)17-27/h2-4,9-10,14-15,19,23,27H,5-8,11-13,16-17,26H2,1H3/t19?,23-,25+/m0/s1. The van der Waals surface area contributed by atoms with Crippen LogP contribution in [0.15, 0.2) is 42.5 Å². The van der Waals surface area contributed by atoms with Crippen molar-refractivity contribution in [2.75, 3.05) is 13.7 Å². The van der Waals surface area contributed by atoms with Gasteiger partial charge in [-0.2, -0.15) is 0 Å². The SMILES string of the molecule is COc1cccc(CCC2CCc3cc([C@H]4CC[C@](N)(CO)C4)ccc3C2)c1. The van der Waals surface area contributed by atoms with Crippen LogP contribution in [-0.4, -0.2) is 24.4 Å². The van der Waals surface area contributed by atoms with Crippen molar-refractivity contribution >= 4 is 0 Å². The summed E-state index contributed by atoms with van der Waals surface area (Å²) in [5.74, 6) is 2.23. The second kappa shape index (κ2) is 8.26. The van der Waals surface area contributed by atoms with Gasteiger partial charge in [-0.25, -0.2) is 0 Å². The van der Waals surface area contributed by atoms with Gasteiger partial charge >= 0.3 is 0 Å². The van der Waals surface area contributed by atoms with Crippen LogP contribution in [0.2, 0.25) is 0 Å². The van der Waals surface area contributed by atoms with E-state index in [-0.39, 0.29) is 12.1 Å². The molecule has 0 saturated heterocycles. The third kappa shape index (κ3) is 4.26. The van der Waals surface area contributed by atoms with Crippen molar-refractivity contribution in [1.82, 2.24) is 0 Å². The fourth-order valence-corrected chi connectivity index (χ4v) is 5.13. The molecule has 0 aliphatic heterocycles. The van der Waals surface area contributed by atoms with Gasteiger partial charge in [0, 0.05) is 5.54 Å². The fraction of sp³-hybridized carbons (Fsp3) is 0.520. The summed E-state index contributed by atoms with van der Waals surface area (Å²) in [6.45, 7) is 0.101. The molecule has 0 radical (unpaired) electrons. The highest BCUT2D eigenvalue weighted by atomic mass is 16.5. The van der Waals surface area contributed by atoms with Crippen LogP contribution < -0.4 is 10.5 Å². The molecule has 3 heteroatoms. The first-order chi connectivity index (χ1) is 13.6. The van der Waals surface area contributed by atoms with Crippen molar-refractivity contribution in [3.8, 4) is 5.75 Å². The van der Waals surface area contributed by atoms with Crippen LogP contribution in [0.1, 0.15) is 60.3 Å². The minimum absolute atomic E-state index is 0.101. The number of hydrogen-bond acceptors (Lipinski definition) is 3. The van der Waals surface area contributed by atoms with Crippen LogP contribution in [0.4, 0.5) is 0 Å². The summed E-state index contributed by atoms with van der Waals surface area (Å²) >= 11 is 0. The molecule has 2 aliphatic carbocycles. The molecule has 28 heavy (non-hydrogen) atoms. The molecule has 3 N–H and O–H groups in total. The van der Waals surface area contributed by atoms with Crippen LogP contribution in [0.25, 0.3) is 0 Å². The zero-order valence-corrected chi connectivity index (χ0v) is 17.0. The monoisotopic (exact) mass is 379 g/mol. The van der Waals surface area contributed by atoms with E-state index in [1.165, 1.54) is 47.9 Å². The highest BCUT2D eigenvalue weighted by Crippen LogP contribution is 2.40. The molecule has 3 atom stereocenters. The number of nitrogens with two attached hydrogens (primary N) is 1. The van der Waals surface area contributed by atoms with Gasteiger partial charge in [-0.1, -0.05) is 30.3 Å². The number of aliphatic hydroxyl groups is 1. The molecule has 0 bridgehead atoms. The Kier molecular flexibility index (Phi) is 5.75. The Labute approximate surface area is 168 Å². The van der Waals surface area contributed by atoms with Crippen LogP contribution in [0.5, 0.6) is 5.75 Å². The van der Waals surface area contributed by atoms with E-state index in [1.54, 1.807) is 7.11 Å². The predicted molar refractivity (Wildman–Crippen MR) is 114 cm³/mol. The summed E-state index contributed by atoms with van der Waals surface area (Å²) < 4.78 is 5.34. The van der Waals surface area contributed by atoms with E-state index in [4.69, 9.17) is 10.5 Å². The van der Waals surface area contributed by atoms with Crippen LogP contribution in [-0.2, 0) is 19.3 Å². The van der Waals surface area contributed by atoms with Gasteiger partial charge in [0.15, 0.2) is 0 Å². The second-order valence-corrected chi connectivity index (χ2v) is 8.99. The third-order valence-electron chi connectivity index (χ3n) is 6.97. The summed E-state index contributed by atoms with van der Waals surface area (Å²) in [6.07, 6.45) is 8.96. The molecule has 0 heterocycles. The Balaban J connectivity index is 1.37. The van der Waals surface area contributed by atoms with Gasteiger partial charge in [0.25, 0.3) is 0 Å². The van der Waals surface area contributed by atoms with E-state index in [0.717, 1.165) is 37.4 Å².